The number of para-hydroxylation sites is 1. The van der Waals surface area contributed by atoms with Crippen LogP contribution in [0.3, 0.4) is 0 Å². The molecular formula is C23H24Br2N2O2S. The molecule has 4 rings (SSSR count). The van der Waals surface area contributed by atoms with E-state index in [2.05, 4.69) is 49.0 Å². The lowest BCUT2D eigenvalue weighted by Crippen LogP contribution is -2.48. The highest BCUT2D eigenvalue weighted by molar-refractivity contribution is 9.11. The van der Waals surface area contributed by atoms with Crippen LogP contribution in [0, 0.1) is 5.92 Å². The van der Waals surface area contributed by atoms with Crippen LogP contribution in [0.4, 0.5) is 5.69 Å². The summed E-state index contributed by atoms with van der Waals surface area (Å²) in [4.78, 5) is 16.3. The standard InChI is InChI=1S/C23H24Br2N2O2S/c1-14-7-5-6-10-19(14)27-22(29)20(13-15-11-17(24)21(28)18(25)12-15)30-23(27)26-16-8-3-2-4-9-16/h2-4,8-9,11-14,19,23,26,28H,5-7,10H2,1H3/b20-13-/t14-,19+,23?/m0/s1. The molecule has 1 amide bonds. The van der Waals surface area contributed by atoms with Gasteiger partial charge in [-0.1, -0.05) is 49.7 Å². The maximum atomic E-state index is 13.5. The first-order valence-electron chi connectivity index (χ1n) is 10.1. The molecule has 0 spiro atoms. The Kier molecular flexibility index (Phi) is 6.80. The summed E-state index contributed by atoms with van der Waals surface area (Å²) in [6.45, 7) is 2.26. The first kappa shape index (κ1) is 21.8. The van der Waals surface area contributed by atoms with Gasteiger partial charge in [-0.3, -0.25) is 4.79 Å². The number of aromatic hydroxyl groups is 1. The molecule has 2 fully saturated rings. The van der Waals surface area contributed by atoms with E-state index in [1.807, 2.05) is 48.5 Å². The van der Waals surface area contributed by atoms with E-state index < -0.39 is 0 Å². The summed E-state index contributed by atoms with van der Waals surface area (Å²) >= 11 is 8.31. The summed E-state index contributed by atoms with van der Waals surface area (Å²) in [7, 11) is 0. The second-order valence-electron chi connectivity index (χ2n) is 7.86. The minimum atomic E-state index is -0.138. The summed E-state index contributed by atoms with van der Waals surface area (Å²) in [5.41, 5.74) is 1.73. The Bertz CT molecular complexity index is 944. The molecule has 0 bridgehead atoms. The van der Waals surface area contributed by atoms with Crippen LogP contribution in [0.15, 0.2) is 56.3 Å². The molecule has 2 aromatic carbocycles. The number of hydrogen-bond donors (Lipinski definition) is 2. The molecule has 1 heterocycles. The van der Waals surface area contributed by atoms with Gasteiger partial charge in [0.1, 0.15) is 5.75 Å². The highest BCUT2D eigenvalue weighted by Crippen LogP contribution is 2.43. The van der Waals surface area contributed by atoms with Crippen LogP contribution in [0.5, 0.6) is 5.75 Å². The van der Waals surface area contributed by atoms with Crippen molar-refractivity contribution in [2.75, 3.05) is 5.32 Å². The lowest BCUT2D eigenvalue weighted by molar-refractivity contribution is -0.129. The van der Waals surface area contributed by atoms with Gasteiger partial charge in [0, 0.05) is 11.7 Å². The highest BCUT2D eigenvalue weighted by Gasteiger charge is 2.42. The zero-order chi connectivity index (χ0) is 21.3. The van der Waals surface area contributed by atoms with Crippen molar-refractivity contribution in [2.45, 2.75) is 44.1 Å². The molecule has 1 aliphatic carbocycles. The number of phenols is 1. The topological polar surface area (TPSA) is 52.6 Å². The number of hydrogen-bond acceptors (Lipinski definition) is 4. The Balaban J connectivity index is 1.67. The van der Waals surface area contributed by atoms with Gasteiger partial charge in [0.25, 0.3) is 5.91 Å². The van der Waals surface area contributed by atoms with Crippen LogP contribution >= 0.6 is 43.6 Å². The van der Waals surface area contributed by atoms with Crippen LogP contribution in [-0.2, 0) is 4.79 Å². The zero-order valence-corrected chi connectivity index (χ0v) is 20.6. The Morgan fingerprint density at radius 1 is 1.13 bits per heavy atom. The van der Waals surface area contributed by atoms with Crippen molar-refractivity contribution >= 4 is 61.3 Å². The number of rotatable bonds is 4. The van der Waals surface area contributed by atoms with Crippen molar-refractivity contribution < 1.29 is 9.90 Å². The van der Waals surface area contributed by atoms with E-state index in [4.69, 9.17) is 0 Å². The maximum Gasteiger partial charge on any atom is 0.262 e. The third-order valence-corrected chi connectivity index (χ3v) is 8.08. The molecule has 7 heteroatoms. The minimum absolute atomic E-state index is 0.0764. The lowest BCUT2D eigenvalue weighted by atomic mass is 9.85. The summed E-state index contributed by atoms with van der Waals surface area (Å²) in [6, 6.07) is 13.9. The van der Waals surface area contributed by atoms with Crippen LogP contribution in [0.2, 0.25) is 0 Å². The first-order chi connectivity index (χ1) is 14.4. The predicted molar refractivity (Wildman–Crippen MR) is 131 cm³/mol. The molecule has 30 heavy (non-hydrogen) atoms. The number of benzene rings is 2. The molecule has 2 aromatic rings. The molecule has 0 radical (unpaired) electrons. The molecule has 1 aliphatic heterocycles. The van der Waals surface area contributed by atoms with Gasteiger partial charge in [0.15, 0.2) is 5.50 Å². The van der Waals surface area contributed by atoms with Crippen molar-refractivity contribution in [2.24, 2.45) is 5.92 Å². The number of thioether (sulfide) groups is 1. The Labute approximate surface area is 198 Å². The van der Waals surface area contributed by atoms with Crippen LogP contribution in [0.1, 0.15) is 38.2 Å². The normalized spacial score (nSPS) is 25.7. The number of nitrogens with zero attached hydrogens (tertiary/aromatic N) is 1. The number of nitrogens with one attached hydrogen (secondary N) is 1. The van der Waals surface area contributed by atoms with Crippen molar-refractivity contribution in [3.63, 3.8) is 0 Å². The van der Waals surface area contributed by atoms with E-state index in [1.165, 1.54) is 12.8 Å². The second kappa shape index (κ2) is 9.37. The van der Waals surface area contributed by atoms with Crippen molar-refractivity contribution in [1.29, 1.82) is 0 Å². The fraction of sp³-hybridized carbons (Fsp3) is 0.348. The van der Waals surface area contributed by atoms with Crippen molar-refractivity contribution in [1.82, 2.24) is 4.90 Å². The number of anilines is 1. The largest absolute Gasteiger partial charge is 0.506 e. The van der Waals surface area contributed by atoms with Gasteiger partial charge in [-0.2, -0.15) is 0 Å². The quantitative estimate of drug-likeness (QED) is 0.410. The molecule has 2 aliphatic rings. The van der Waals surface area contributed by atoms with Gasteiger partial charge < -0.3 is 15.3 Å². The van der Waals surface area contributed by atoms with Crippen LogP contribution in [-0.4, -0.2) is 27.5 Å². The van der Waals surface area contributed by atoms with E-state index in [1.54, 1.807) is 11.8 Å². The van der Waals surface area contributed by atoms with Crippen molar-refractivity contribution in [3.8, 4) is 5.75 Å². The van der Waals surface area contributed by atoms with Gasteiger partial charge in [0.05, 0.1) is 13.9 Å². The fourth-order valence-electron chi connectivity index (χ4n) is 4.19. The molecule has 1 saturated carbocycles. The molecule has 1 unspecified atom stereocenters. The van der Waals surface area contributed by atoms with Gasteiger partial charge in [-0.05, 0) is 86.5 Å². The Morgan fingerprint density at radius 2 is 1.80 bits per heavy atom. The third-order valence-electron chi connectivity index (χ3n) is 5.76. The Hall–Kier alpha value is -1.44. The lowest BCUT2D eigenvalue weighted by Gasteiger charge is -2.39. The number of phenolic OH excluding ortho intramolecular Hbond substituents is 1. The summed E-state index contributed by atoms with van der Waals surface area (Å²) < 4.78 is 1.19. The number of carbonyl (C=O) groups excluding carboxylic acids is 1. The summed E-state index contributed by atoms with van der Waals surface area (Å²) in [6.07, 6.45) is 6.52. The maximum absolute atomic E-state index is 13.5. The molecule has 2 N–H and O–H groups in total. The van der Waals surface area contributed by atoms with Gasteiger partial charge >= 0.3 is 0 Å². The third kappa shape index (κ3) is 4.58. The monoisotopic (exact) mass is 550 g/mol. The molecule has 0 aromatic heterocycles. The summed E-state index contributed by atoms with van der Waals surface area (Å²) in [5.74, 6) is 0.719. The predicted octanol–water partition coefficient (Wildman–Crippen LogP) is 6.81. The van der Waals surface area contributed by atoms with E-state index in [9.17, 15) is 9.90 Å². The van der Waals surface area contributed by atoms with Crippen molar-refractivity contribution in [3.05, 3.63) is 61.9 Å². The highest BCUT2D eigenvalue weighted by atomic mass is 79.9. The van der Waals surface area contributed by atoms with Gasteiger partial charge in [-0.25, -0.2) is 0 Å². The number of carbonyl (C=O) groups is 1. The van der Waals surface area contributed by atoms with E-state index in [0.29, 0.717) is 19.8 Å². The van der Waals surface area contributed by atoms with E-state index in [0.717, 1.165) is 24.1 Å². The molecule has 4 nitrogen and oxygen atoms in total. The number of amides is 1. The van der Waals surface area contributed by atoms with E-state index >= 15 is 0 Å². The average molecular weight is 552 g/mol. The van der Waals surface area contributed by atoms with Gasteiger partial charge in [-0.15, -0.1) is 0 Å². The summed E-state index contributed by atoms with van der Waals surface area (Å²) in [5, 5.41) is 13.5. The smallest absolute Gasteiger partial charge is 0.262 e. The average Bonchev–Trinajstić information content (AvgIpc) is 3.02. The molecule has 1 saturated heterocycles. The minimum Gasteiger partial charge on any atom is -0.506 e. The fourth-order valence-corrected chi connectivity index (χ4v) is 6.62. The second-order valence-corrected chi connectivity index (χ2v) is 10.7. The Morgan fingerprint density at radius 3 is 2.47 bits per heavy atom. The molecular weight excluding hydrogens is 528 g/mol. The molecule has 3 atom stereocenters. The first-order valence-corrected chi connectivity index (χ1v) is 12.6. The van der Waals surface area contributed by atoms with E-state index in [-0.39, 0.29) is 23.2 Å². The number of halogens is 2. The zero-order valence-electron chi connectivity index (χ0n) is 16.6. The van der Waals surface area contributed by atoms with Gasteiger partial charge in [0.2, 0.25) is 0 Å². The van der Waals surface area contributed by atoms with Crippen LogP contribution < -0.4 is 5.32 Å². The SMILES string of the molecule is C[C@H]1CCCC[C@H]1N1C(=O)/C(=C/c2cc(Br)c(O)c(Br)c2)SC1Nc1ccccc1. The molecule has 158 valence electrons. The van der Waals surface area contributed by atoms with Crippen LogP contribution in [0.25, 0.3) is 6.08 Å².